The molecule has 20 heavy (non-hydrogen) atoms. The molecule has 2 aromatic carbocycles. The van der Waals surface area contributed by atoms with Crippen LogP contribution in [0.15, 0.2) is 46.9 Å². The lowest BCUT2D eigenvalue weighted by molar-refractivity contribution is 0.574. The zero-order valence-corrected chi connectivity index (χ0v) is 13.4. The lowest BCUT2D eigenvalue weighted by Gasteiger charge is -2.15. The molecule has 0 bridgehead atoms. The maximum Gasteiger partial charge on any atom is 0.0992 e. The largest absolute Gasteiger partial charge is 0.306 e. The van der Waals surface area contributed by atoms with Crippen molar-refractivity contribution in [3.63, 3.8) is 0 Å². The van der Waals surface area contributed by atoms with Crippen LogP contribution in [0, 0.1) is 11.3 Å². The molecule has 0 aliphatic carbocycles. The quantitative estimate of drug-likeness (QED) is 0.858. The number of nitriles is 1. The standard InChI is InChI=1S/C16H14BrClN2/c1-11(13-3-2-4-15(17)8-13)20-10-14-6-5-12(9-19)7-16(14)18/h2-8,11,20H,10H2,1H3/t11-/m1/s1. The number of halogens is 2. The molecule has 0 fully saturated rings. The molecule has 0 aliphatic rings. The summed E-state index contributed by atoms with van der Waals surface area (Å²) < 4.78 is 1.07. The Kier molecular flexibility index (Phi) is 5.19. The fourth-order valence-electron chi connectivity index (χ4n) is 1.92. The zero-order chi connectivity index (χ0) is 14.5. The first-order valence-electron chi connectivity index (χ1n) is 6.27. The topological polar surface area (TPSA) is 35.8 Å². The van der Waals surface area contributed by atoms with Crippen LogP contribution >= 0.6 is 27.5 Å². The van der Waals surface area contributed by atoms with Crippen molar-refractivity contribution >= 4 is 27.5 Å². The van der Waals surface area contributed by atoms with E-state index in [1.54, 1.807) is 12.1 Å². The summed E-state index contributed by atoms with van der Waals surface area (Å²) in [6, 6.07) is 15.9. The molecule has 0 amide bonds. The minimum atomic E-state index is 0.221. The lowest BCUT2D eigenvalue weighted by atomic mass is 10.1. The third kappa shape index (κ3) is 3.83. The molecule has 0 radical (unpaired) electrons. The first kappa shape index (κ1) is 15.1. The maximum absolute atomic E-state index is 8.82. The van der Waals surface area contributed by atoms with Crippen molar-refractivity contribution in [1.82, 2.24) is 5.32 Å². The zero-order valence-electron chi connectivity index (χ0n) is 11.0. The summed E-state index contributed by atoms with van der Waals surface area (Å²) in [4.78, 5) is 0. The Labute approximate surface area is 132 Å². The summed E-state index contributed by atoms with van der Waals surface area (Å²) in [5.41, 5.74) is 2.79. The van der Waals surface area contributed by atoms with Gasteiger partial charge in [-0.15, -0.1) is 0 Å². The van der Waals surface area contributed by atoms with E-state index in [1.165, 1.54) is 5.56 Å². The monoisotopic (exact) mass is 348 g/mol. The average molecular weight is 350 g/mol. The highest BCUT2D eigenvalue weighted by Gasteiger charge is 2.07. The van der Waals surface area contributed by atoms with Gasteiger partial charge in [0.2, 0.25) is 0 Å². The number of nitrogens with one attached hydrogen (secondary N) is 1. The molecular weight excluding hydrogens is 336 g/mol. The SMILES string of the molecule is C[C@@H](NCc1ccc(C#N)cc1Cl)c1cccc(Br)c1. The summed E-state index contributed by atoms with van der Waals surface area (Å²) in [5.74, 6) is 0. The molecule has 0 unspecified atom stereocenters. The molecular formula is C16H14BrClN2. The molecule has 0 spiro atoms. The predicted molar refractivity (Wildman–Crippen MR) is 85.6 cm³/mol. The van der Waals surface area contributed by atoms with Crippen LogP contribution in [0.3, 0.4) is 0 Å². The summed E-state index contributed by atoms with van der Waals surface area (Å²) in [6.45, 7) is 2.78. The molecule has 1 atom stereocenters. The van der Waals surface area contributed by atoms with Crippen LogP contribution in [0.4, 0.5) is 0 Å². The van der Waals surface area contributed by atoms with E-state index >= 15 is 0 Å². The van der Waals surface area contributed by atoms with Crippen LogP contribution in [-0.4, -0.2) is 0 Å². The molecule has 2 nitrogen and oxygen atoms in total. The Morgan fingerprint density at radius 1 is 1.30 bits per heavy atom. The van der Waals surface area contributed by atoms with Gasteiger partial charge in [0, 0.05) is 22.1 Å². The van der Waals surface area contributed by atoms with Crippen LogP contribution in [-0.2, 0) is 6.54 Å². The molecule has 1 N–H and O–H groups in total. The summed E-state index contributed by atoms with van der Waals surface area (Å²) in [5, 5.41) is 12.9. The number of nitrogens with zero attached hydrogens (tertiary/aromatic N) is 1. The maximum atomic E-state index is 8.82. The fourth-order valence-corrected chi connectivity index (χ4v) is 2.58. The van der Waals surface area contributed by atoms with Gasteiger partial charge in [-0.05, 0) is 42.3 Å². The molecule has 0 aliphatic heterocycles. The van der Waals surface area contributed by atoms with Gasteiger partial charge < -0.3 is 5.32 Å². The predicted octanol–water partition coefficient (Wildman–Crippen LogP) is 4.82. The molecule has 2 rings (SSSR count). The smallest absolute Gasteiger partial charge is 0.0992 e. The van der Waals surface area contributed by atoms with Gasteiger partial charge in [0.1, 0.15) is 0 Å². The third-order valence-electron chi connectivity index (χ3n) is 3.13. The second-order valence-electron chi connectivity index (χ2n) is 4.58. The van der Waals surface area contributed by atoms with Gasteiger partial charge in [-0.25, -0.2) is 0 Å². The number of hydrogen-bond donors (Lipinski definition) is 1. The van der Waals surface area contributed by atoms with Gasteiger partial charge in [0.15, 0.2) is 0 Å². The van der Waals surface area contributed by atoms with E-state index in [4.69, 9.17) is 16.9 Å². The molecule has 0 aromatic heterocycles. The summed E-state index contributed by atoms with van der Waals surface area (Å²) in [7, 11) is 0. The normalized spacial score (nSPS) is 11.9. The minimum Gasteiger partial charge on any atom is -0.306 e. The van der Waals surface area contributed by atoms with Gasteiger partial charge in [0.05, 0.1) is 11.6 Å². The van der Waals surface area contributed by atoms with Crippen LogP contribution in [0.25, 0.3) is 0 Å². The van der Waals surface area contributed by atoms with Crippen molar-refractivity contribution in [3.8, 4) is 6.07 Å². The Bertz CT molecular complexity index is 649. The second-order valence-corrected chi connectivity index (χ2v) is 5.90. The molecule has 102 valence electrons. The van der Waals surface area contributed by atoms with E-state index in [-0.39, 0.29) is 6.04 Å². The molecule has 4 heteroatoms. The highest BCUT2D eigenvalue weighted by Crippen LogP contribution is 2.21. The van der Waals surface area contributed by atoms with Gasteiger partial charge in [0.25, 0.3) is 0 Å². The van der Waals surface area contributed by atoms with Crippen molar-refractivity contribution in [2.45, 2.75) is 19.5 Å². The minimum absolute atomic E-state index is 0.221. The van der Waals surface area contributed by atoms with Gasteiger partial charge >= 0.3 is 0 Å². The van der Waals surface area contributed by atoms with Crippen LogP contribution < -0.4 is 5.32 Å². The van der Waals surface area contributed by atoms with E-state index in [0.717, 1.165) is 10.0 Å². The first-order chi connectivity index (χ1) is 9.60. The Morgan fingerprint density at radius 3 is 2.75 bits per heavy atom. The second kappa shape index (κ2) is 6.90. The molecule has 2 aromatic rings. The molecule has 0 heterocycles. The highest BCUT2D eigenvalue weighted by molar-refractivity contribution is 9.10. The van der Waals surface area contributed by atoms with E-state index in [9.17, 15) is 0 Å². The van der Waals surface area contributed by atoms with Crippen LogP contribution in [0.1, 0.15) is 29.7 Å². The number of hydrogen-bond acceptors (Lipinski definition) is 2. The number of rotatable bonds is 4. The summed E-state index contributed by atoms with van der Waals surface area (Å²) in [6.07, 6.45) is 0. The van der Waals surface area contributed by atoms with Crippen LogP contribution in [0.2, 0.25) is 5.02 Å². The Hall–Kier alpha value is -1.34. The van der Waals surface area contributed by atoms with Gasteiger partial charge in [-0.1, -0.05) is 45.7 Å². The van der Waals surface area contributed by atoms with Crippen LogP contribution in [0.5, 0.6) is 0 Å². The van der Waals surface area contributed by atoms with Crippen molar-refractivity contribution in [2.24, 2.45) is 0 Å². The van der Waals surface area contributed by atoms with Crippen molar-refractivity contribution < 1.29 is 0 Å². The van der Waals surface area contributed by atoms with Gasteiger partial charge in [-0.2, -0.15) is 5.26 Å². The van der Waals surface area contributed by atoms with E-state index in [2.05, 4.69) is 46.4 Å². The molecule has 0 saturated carbocycles. The van der Waals surface area contributed by atoms with E-state index < -0.39 is 0 Å². The van der Waals surface area contributed by atoms with Crippen molar-refractivity contribution in [2.75, 3.05) is 0 Å². The van der Waals surface area contributed by atoms with E-state index in [1.807, 2.05) is 18.2 Å². The Morgan fingerprint density at radius 2 is 2.10 bits per heavy atom. The van der Waals surface area contributed by atoms with Gasteiger partial charge in [-0.3, -0.25) is 0 Å². The lowest BCUT2D eigenvalue weighted by Crippen LogP contribution is -2.18. The van der Waals surface area contributed by atoms with E-state index in [0.29, 0.717) is 17.1 Å². The highest BCUT2D eigenvalue weighted by atomic mass is 79.9. The molecule has 0 saturated heterocycles. The summed E-state index contributed by atoms with van der Waals surface area (Å²) >= 11 is 9.64. The average Bonchev–Trinajstić information content (AvgIpc) is 2.45. The number of benzene rings is 2. The van der Waals surface area contributed by atoms with Crippen molar-refractivity contribution in [3.05, 3.63) is 68.7 Å². The van der Waals surface area contributed by atoms with Crippen molar-refractivity contribution in [1.29, 1.82) is 5.26 Å². The fraction of sp³-hybridized carbons (Fsp3) is 0.188. The third-order valence-corrected chi connectivity index (χ3v) is 3.97. The first-order valence-corrected chi connectivity index (χ1v) is 7.44. The Balaban J connectivity index is 2.04.